The Morgan fingerprint density at radius 2 is 1.96 bits per heavy atom. The maximum Gasteiger partial charge on any atom is 0.418 e. The molecule has 0 saturated heterocycles. The number of amides is 2. The van der Waals surface area contributed by atoms with Crippen LogP contribution in [-0.2, 0) is 20.5 Å². The van der Waals surface area contributed by atoms with Gasteiger partial charge in [0, 0.05) is 45.2 Å². The van der Waals surface area contributed by atoms with E-state index in [0.29, 0.717) is 19.6 Å². The number of hydrogen-bond acceptors (Lipinski definition) is 3. The topological polar surface area (TPSA) is 58.6 Å². The van der Waals surface area contributed by atoms with E-state index in [1.165, 1.54) is 25.0 Å². The molecule has 0 bridgehead atoms. The number of nitrogens with one attached hydrogen (secondary N) is 1. The molecular formula is C16H20ClF3N2O3. The standard InChI is InChI=1S/C16H20ClF3N2O3/c1-11(23)22(7-3-9-25-2)8-6-15(24)21-14-5-4-12(17)10-13(14)16(18,19)20/h4-5,10H,3,6-9H2,1-2H3,(H,21,24). The molecular weight excluding hydrogens is 361 g/mol. The minimum atomic E-state index is -4.64. The van der Waals surface area contributed by atoms with Crippen molar-refractivity contribution in [1.29, 1.82) is 0 Å². The molecule has 0 saturated carbocycles. The van der Waals surface area contributed by atoms with Crippen LogP contribution in [0.1, 0.15) is 25.3 Å². The van der Waals surface area contributed by atoms with E-state index in [-0.39, 0.29) is 29.6 Å². The van der Waals surface area contributed by atoms with Crippen LogP contribution < -0.4 is 5.32 Å². The summed E-state index contributed by atoms with van der Waals surface area (Å²) in [7, 11) is 1.54. The predicted octanol–water partition coefficient (Wildman–Crippen LogP) is 3.57. The minimum Gasteiger partial charge on any atom is -0.385 e. The molecule has 5 nitrogen and oxygen atoms in total. The SMILES string of the molecule is COCCCN(CCC(=O)Nc1ccc(Cl)cc1C(F)(F)F)C(C)=O. The van der Waals surface area contributed by atoms with Crippen LogP contribution in [-0.4, -0.2) is 43.5 Å². The first-order valence-corrected chi connectivity index (χ1v) is 7.94. The third-order valence-corrected chi connectivity index (χ3v) is 3.63. The maximum absolute atomic E-state index is 13.0. The van der Waals surface area contributed by atoms with E-state index in [9.17, 15) is 22.8 Å². The highest BCUT2D eigenvalue weighted by atomic mass is 35.5. The number of methoxy groups -OCH3 is 1. The van der Waals surface area contributed by atoms with Gasteiger partial charge in [-0.25, -0.2) is 0 Å². The average Bonchev–Trinajstić information content (AvgIpc) is 2.51. The maximum atomic E-state index is 13.0. The Kier molecular flexibility index (Phi) is 8.18. The monoisotopic (exact) mass is 380 g/mol. The van der Waals surface area contributed by atoms with Crippen molar-refractivity contribution in [3.05, 3.63) is 28.8 Å². The van der Waals surface area contributed by atoms with E-state index in [1.807, 2.05) is 0 Å². The summed E-state index contributed by atoms with van der Waals surface area (Å²) >= 11 is 5.59. The number of rotatable bonds is 8. The van der Waals surface area contributed by atoms with E-state index in [1.54, 1.807) is 0 Å². The Bertz CT molecular complexity index is 609. The van der Waals surface area contributed by atoms with Crippen molar-refractivity contribution in [1.82, 2.24) is 4.90 Å². The van der Waals surface area contributed by atoms with E-state index >= 15 is 0 Å². The molecule has 1 N–H and O–H groups in total. The zero-order valence-electron chi connectivity index (χ0n) is 14.0. The summed E-state index contributed by atoms with van der Waals surface area (Å²) in [5.41, 5.74) is -1.38. The number of alkyl halides is 3. The van der Waals surface area contributed by atoms with E-state index in [0.717, 1.165) is 12.1 Å². The van der Waals surface area contributed by atoms with Crippen LogP contribution in [0.25, 0.3) is 0 Å². The number of ether oxygens (including phenoxy) is 1. The normalized spacial score (nSPS) is 11.3. The van der Waals surface area contributed by atoms with Gasteiger partial charge in [-0.2, -0.15) is 13.2 Å². The van der Waals surface area contributed by atoms with Crippen LogP contribution in [0.4, 0.5) is 18.9 Å². The first kappa shape index (κ1) is 21.2. The highest BCUT2D eigenvalue weighted by molar-refractivity contribution is 6.30. The lowest BCUT2D eigenvalue weighted by molar-refractivity contribution is -0.137. The van der Waals surface area contributed by atoms with Crippen LogP contribution in [0.3, 0.4) is 0 Å². The molecule has 2 amide bonds. The number of anilines is 1. The highest BCUT2D eigenvalue weighted by Gasteiger charge is 2.34. The van der Waals surface area contributed by atoms with Crippen molar-refractivity contribution in [3.63, 3.8) is 0 Å². The van der Waals surface area contributed by atoms with Crippen LogP contribution >= 0.6 is 11.6 Å². The lowest BCUT2D eigenvalue weighted by Crippen LogP contribution is -2.33. The number of carbonyl (C=O) groups excluding carboxylic acids is 2. The Hall–Kier alpha value is -1.80. The second-order valence-corrected chi connectivity index (χ2v) is 5.77. The number of halogens is 4. The third kappa shape index (κ3) is 7.31. The first-order valence-electron chi connectivity index (χ1n) is 7.56. The fourth-order valence-electron chi connectivity index (χ4n) is 2.14. The number of hydrogen-bond donors (Lipinski definition) is 1. The lowest BCUT2D eigenvalue weighted by atomic mass is 10.1. The van der Waals surface area contributed by atoms with E-state index in [4.69, 9.17) is 16.3 Å². The smallest absolute Gasteiger partial charge is 0.385 e. The van der Waals surface area contributed by atoms with Gasteiger partial charge >= 0.3 is 6.18 Å². The number of carbonyl (C=O) groups is 2. The number of benzene rings is 1. The van der Waals surface area contributed by atoms with Crippen molar-refractivity contribution in [3.8, 4) is 0 Å². The van der Waals surface area contributed by atoms with Gasteiger partial charge in [0.15, 0.2) is 0 Å². The van der Waals surface area contributed by atoms with Crippen LogP contribution in [0.15, 0.2) is 18.2 Å². The van der Waals surface area contributed by atoms with Gasteiger partial charge in [-0.1, -0.05) is 11.6 Å². The molecule has 0 heterocycles. The summed E-state index contributed by atoms with van der Waals surface area (Å²) in [6.45, 7) is 2.35. The largest absolute Gasteiger partial charge is 0.418 e. The molecule has 0 unspecified atom stereocenters. The molecule has 0 aliphatic heterocycles. The van der Waals surface area contributed by atoms with Gasteiger partial charge < -0.3 is 15.0 Å². The Morgan fingerprint density at radius 1 is 1.28 bits per heavy atom. The van der Waals surface area contributed by atoms with Gasteiger partial charge in [0.2, 0.25) is 11.8 Å². The molecule has 0 spiro atoms. The van der Waals surface area contributed by atoms with Gasteiger partial charge in [-0.05, 0) is 24.6 Å². The quantitative estimate of drug-likeness (QED) is 0.701. The summed E-state index contributed by atoms with van der Waals surface area (Å²) < 4.78 is 43.9. The van der Waals surface area contributed by atoms with Crippen LogP contribution in [0, 0.1) is 0 Å². The zero-order chi connectivity index (χ0) is 19.0. The summed E-state index contributed by atoms with van der Waals surface area (Å²) in [6.07, 6.45) is -4.15. The second kappa shape index (κ2) is 9.62. The Morgan fingerprint density at radius 3 is 2.52 bits per heavy atom. The lowest BCUT2D eigenvalue weighted by Gasteiger charge is -2.21. The molecule has 0 aliphatic rings. The van der Waals surface area contributed by atoms with Gasteiger partial charge in [0.05, 0.1) is 11.3 Å². The van der Waals surface area contributed by atoms with Crippen molar-refractivity contribution < 1.29 is 27.5 Å². The molecule has 140 valence electrons. The Balaban J connectivity index is 2.69. The molecule has 0 atom stereocenters. The fourth-order valence-corrected chi connectivity index (χ4v) is 2.31. The van der Waals surface area contributed by atoms with Crippen LogP contribution in [0.5, 0.6) is 0 Å². The molecule has 1 rings (SSSR count). The first-order chi connectivity index (χ1) is 11.6. The molecule has 0 aliphatic carbocycles. The minimum absolute atomic E-state index is 0.0776. The van der Waals surface area contributed by atoms with Crippen molar-refractivity contribution in [2.24, 2.45) is 0 Å². The van der Waals surface area contributed by atoms with E-state index < -0.39 is 17.6 Å². The highest BCUT2D eigenvalue weighted by Crippen LogP contribution is 2.36. The average molecular weight is 381 g/mol. The molecule has 9 heteroatoms. The van der Waals surface area contributed by atoms with Crippen molar-refractivity contribution >= 4 is 29.1 Å². The molecule has 1 aromatic rings. The third-order valence-electron chi connectivity index (χ3n) is 3.39. The zero-order valence-corrected chi connectivity index (χ0v) is 14.7. The second-order valence-electron chi connectivity index (χ2n) is 5.34. The Labute approximate surface area is 149 Å². The van der Waals surface area contributed by atoms with E-state index in [2.05, 4.69) is 5.32 Å². The summed E-state index contributed by atoms with van der Waals surface area (Å²) in [5.74, 6) is -0.836. The van der Waals surface area contributed by atoms with Gasteiger partial charge in [0.1, 0.15) is 0 Å². The summed E-state index contributed by atoms with van der Waals surface area (Å²) in [5, 5.41) is 2.15. The molecule has 0 aromatic heterocycles. The van der Waals surface area contributed by atoms with Gasteiger partial charge in [-0.3, -0.25) is 9.59 Å². The summed E-state index contributed by atoms with van der Waals surface area (Å²) in [6, 6.07) is 3.12. The fraction of sp³-hybridized carbons (Fsp3) is 0.500. The molecule has 25 heavy (non-hydrogen) atoms. The van der Waals surface area contributed by atoms with Gasteiger partial charge in [-0.15, -0.1) is 0 Å². The van der Waals surface area contributed by atoms with Gasteiger partial charge in [0.25, 0.3) is 0 Å². The summed E-state index contributed by atoms with van der Waals surface area (Å²) in [4.78, 5) is 24.9. The van der Waals surface area contributed by atoms with Crippen molar-refractivity contribution in [2.75, 3.05) is 32.1 Å². The molecule has 1 aromatic carbocycles. The van der Waals surface area contributed by atoms with Crippen LogP contribution in [0.2, 0.25) is 5.02 Å². The molecule has 0 radical (unpaired) electrons. The number of nitrogens with zero attached hydrogens (tertiary/aromatic N) is 1. The molecule has 0 fully saturated rings. The van der Waals surface area contributed by atoms with Crippen molar-refractivity contribution in [2.45, 2.75) is 25.9 Å². The predicted molar refractivity (Wildman–Crippen MR) is 88.4 cm³/mol.